The summed E-state index contributed by atoms with van der Waals surface area (Å²) in [6.07, 6.45) is -5.60. The van der Waals surface area contributed by atoms with Crippen molar-refractivity contribution in [3.05, 3.63) is 29.8 Å². The zero-order valence-electron chi connectivity index (χ0n) is 10.9. The van der Waals surface area contributed by atoms with E-state index in [0.29, 0.717) is 12.7 Å². The number of esters is 1. The molecule has 1 aromatic rings. The van der Waals surface area contributed by atoms with Crippen LogP contribution in [0.15, 0.2) is 29.2 Å². The summed E-state index contributed by atoms with van der Waals surface area (Å²) in [4.78, 5) is 10.6. The highest BCUT2D eigenvalue weighted by Gasteiger charge is 2.63. The largest absolute Gasteiger partial charge is 0.466 e. The molecule has 0 saturated carbocycles. The summed E-state index contributed by atoms with van der Waals surface area (Å²) >= 11 is 0. The zero-order valence-corrected chi connectivity index (χ0v) is 11.7. The number of aliphatic hydroxyl groups is 1. The Kier molecular flexibility index (Phi) is 4.66. The fourth-order valence-corrected chi connectivity index (χ4v) is 2.53. The number of hydrogen-bond acceptors (Lipinski definition) is 5. The Labute approximate surface area is 118 Å². The van der Waals surface area contributed by atoms with Crippen LogP contribution in [0.3, 0.4) is 0 Å². The van der Waals surface area contributed by atoms with Gasteiger partial charge in [-0.15, -0.1) is 0 Å². The van der Waals surface area contributed by atoms with Gasteiger partial charge in [-0.05, 0) is 19.1 Å². The highest BCUT2D eigenvalue weighted by atomic mass is 32.2. The van der Waals surface area contributed by atoms with E-state index in [1.807, 2.05) is 0 Å². The van der Waals surface area contributed by atoms with E-state index in [4.69, 9.17) is 0 Å². The number of sulfonamides is 1. The van der Waals surface area contributed by atoms with Crippen LogP contribution in [0.2, 0.25) is 0 Å². The number of carbonyl (C=O) groups excluding carboxylic acids is 1. The number of carbonyl (C=O) groups is 1. The van der Waals surface area contributed by atoms with E-state index in [9.17, 15) is 31.5 Å². The molecule has 0 saturated heterocycles. The van der Waals surface area contributed by atoms with Crippen LogP contribution < -0.4 is 4.72 Å². The average Bonchev–Trinajstić information content (AvgIpc) is 2.36. The fourth-order valence-electron chi connectivity index (χ4n) is 1.33. The van der Waals surface area contributed by atoms with Crippen LogP contribution >= 0.6 is 0 Å². The minimum Gasteiger partial charge on any atom is -0.466 e. The van der Waals surface area contributed by atoms with Crippen LogP contribution in [0, 0.1) is 6.92 Å². The fraction of sp³-hybridized carbons (Fsp3) is 0.364. The van der Waals surface area contributed by atoms with Gasteiger partial charge in [0.1, 0.15) is 0 Å². The molecule has 0 spiro atoms. The lowest BCUT2D eigenvalue weighted by atomic mass is 10.2. The zero-order chi connectivity index (χ0) is 16.5. The third kappa shape index (κ3) is 3.52. The van der Waals surface area contributed by atoms with Gasteiger partial charge in [0.25, 0.3) is 0 Å². The maximum Gasteiger partial charge on any atom is 0.443 e. The Morgan fingerprint density at radius 1 is 1.24 bits per heavy atom. The van der Waals surface area contributed by atoms with Crippen LogP contribution in [0.5, 0.6) is 0 Å². The van der Waals surface area contributed by atoms with Gasteiger partial charge in [0, 0.05) is 0 Å². The summed E-state index contributed by atoms with van der Waals surface area (Å²) < 4.78 is 66.7. The number of rotatable bonds is 4. The number of methoxy groups -OCH3 is 1. The van der Waals surface area contributed by atoms with E-state index >= 15 is 0 Å². The van der Waals surface area contributed by atoms with Crippen LogP contribution in [0.25, 0.3) is 0 Å². The quantitative estimate of drug-likeness (QED) is 0.627. The van der Waals surface area contributed by atoms with Gasteiger partial charge in [-0.3, -0.25) is 0 Å². The van der Waals surface area contributed by atoms with Crippen molar-refractivity contribution in [3.8, 4) is 0 Å². The number of hydrogen-bond donors (Lipinski definition) is 2. The highest BCUT2D eigenvalue weighted by molar-refractivity contribution is 7.89. The van der Waals surface area contributed by atoms with Crippen LogP contribution in [-0.2, 0) is 19.6 Å². The molecule has 21 heavy (non-hydrogen) atoms. The summed E-state index contributed by atoms with van der Waals surface area (Å²) in [5, 5.41) is 9.38. The predicted molar refractivity (Wildman–Crippen MR) is 64.5 cm³/mol. The normalized spacial score (nSPS) is 15.3. The van der Waals surface area contributed by atoms with E-state index in [2.05, 4.69) is 4.74 Å². The number of alkyl halides is 3. The lowest BCUT2D eigenvalue weighted by Crippen LogP contribution is -2.64. The molecular weight excluding hydrogens is 315 g/mol. The van der Waals surface area contributed by atoms with Gasteiger partial charge in [0.15, 0.2) is 0 Å². The van der Waals surface area contributed by atoms with Gasteiger partial charge in [-0.2, -0.15) is 17.9 Å². The smallest absolute Gasteiger partial charge is 0.443 e. The first-order chi connectivity index (χ1) is 9.44. The topological polar surface area (TPSA) is 92.7 Å². The monoisotopic (exact) mass is 327 g/mol. The lowest BCUT2D eigenvalue weighted by Gasteiger charge is -2.27. The Balaban J connectivity index is 3.26. The van der Waals surface area contributed by atoms with Gasteiger partial charge in [-0.1, -0.05) is 17.7 Å². The molecule has 0 aromatic heterocycles. The molecule has 0 aliphatic rings. The van der Waals surface area contributed by atoms with Gasteiger partial charge in [0.2, 0.25) is 10.0 Å². The Bertz CT molecular complexity index is 626. The van der Waals surface area contributed by atoms with Crippen LogP contribution in [0.4, 0.5) is 13.2 Å². The number of ether oxygens (including phenoxy) is 1. The van der Waals surface area contributed by atoms with E-state index in [0.717, 1.165) is 16.9 Å². The molecule has 6 nitrogen and oxygen atoms in total. The molecule has 10 heteroatoms. The average molecular weight is 327 g/mol. The lowest BCUT2D eigenvalue weighted by molar-refractivity contribution is -0.265. The van der Waals surface area contributed by atoms with Crippen molar-refractivity contribution >= 4 is 16.0 Å². The second kappa shape index (κ2) is 5.62. The van der Waals surface area contributed by atoms with Crippen LogP contribution in [-0.4, -0.2) is 38.5 Å². The maximum absolute atomic E-state index is 12.8. The third-order valence-electron chi connectivity index (χ3n) is 2.50. The predicted octanol–water partition coefficient (Wildman–Crippen LogP) is 0.697. The van der Waals surface area contributed by atoms with Crippen molar-refractivity contribution in [2.45, 2.75) is 23.7 Å². The molecule has 118 valence electrons. The minimum absolute atomic E-state index is 0.542. The van der Waals surface area contributed by atoms with E-state index in [1.54, 1.807) is 6.92 Å². The van der Waals surface area contributed by atoms with Crippen molar-refractivity contribution in [1.82, 2.24) is 4.72 Å². The molecule has 0 heterocycles. The van der Waals surface area contributed by atoms with Crippen LogP contribution in [0.1, 0.15) is 5.56 Å². The molecule has 1 aromatic carbocycles. The summed E-state index contributed by atoms with van der Waals surface area (Å²) in [5.41, 5.74) is -3.70. The minimum atomic E-state index is -5.60. The maximum atomic E-state index is 12.8. The number of benzene rings is 1. The highest BCUT2D eigenvalue weighted by Crippen LogP contribution is 2.31. The molecule has 0 bridgehead atoms. The van der Waals surface area contributed by atoms with Crippen molar-refractivity contribution < 1.29 is 36.2 Å². The molecule has 0 radical (unpaired) electrons. The molecule has 1 atom stereocenters. The third-order valence-corrected chi connectivity index (χ3v) is 3.96. The summed E-state index contributed by atoms with van der Waals surface area (Å²) in [6, 6.07) is 4.76. The molecule has 1 rings (SSSR count). The summed E-state index contributed by atoms with van der Waals surface area (Å²) in [7, 11) is -4.21. The van der Waals surface area contributed by atoms with E-state index in [1.165, 1.54) is 12.1 Å². The summed E-state index contributed by atoms with van der Waals surface area (Å²) in [6.45, 7) is 1.64. The first-order valence-electron chi connectivity index (χ1n) is 5.42. The van der Waals surface area contributed by atoms with E-state index < -0.39 is 32.8 Å². The summed E-state index contributed by atoms with van der Waals surface area (Å²) in [5.74, 6) is -2.19. The Morgan fingerprint density at radius 3 is 2.10 bits per heavy atom. The SMILES string of the molecule is COC(=O)[C@@](O)(NS(=O)(=O)c1ccc(C)cc1)C(F)(F)F. The van der Waals surface area contributed by atoms with Crippen molar-refractivity contribution in [2.75, 3.05) is 7.11 Å². The van der Waals surface area contributed by atoms with Gasteiger partial charge >= 0.3 is 17.9 Å². The second-order valence-corrected chi connectivity index (χ2v) is 5.80. The van der Waals surface area contributed by atoms with Gasteiger partial charge < -0.3 is 9.84 Å². The number of halogens is 3. The molecule has 0 unspecified atom stereocenters. The second-order valence-electron chi connectivity index (χ2n) is 4.12. The molecule has 0 aliphatic heterocycles. The Morgan fingerprint density at radius 2 is 1.71 bits per heavy atom. The van der Waals surface area contributed by atoms with Crippen molar-refractivity contribution in [1.29, 1.82) is 0 Å². The van der Waals surface area contributed by atoms with Gasteiger partial charge in [-0.25, -0.2) is 13.2 Å². The van der Waals surface area contributed by atoms with Gasteiger partial charge in [0.05, 0.1) is 12.0 Å². The molecule has 0 aliphatic carbocycles. The Hall–Kier alpha value is -1.65. The molecule has 0 fully saturated rings. The first kappa shape index (κ1) is 17.4. The van der Waals surface area contributed by atoms with Crippen molar-refractivity contribution in [3.63, 3.8) is 0 Å². The molecule has 2 N–H and O–H groups in total. The number of aryl methyl sites for hydroxylation is 1. The standard InChI is InChI=1S/C11H12F3NO5S/c1-7-3-5-8(6-4-7)21(18,19)15-10(17,9(16)20-2)11(12,13)14/h3-6,15,17H,1-2H3/t10-/m0/s1. The van der Waals surface area contributed by atoms with Crippen molar-refractivity contribution in [2.24, 2.45) is 0 Å². The molecule has 0 amide bonds. The molecular formula is C11H12F3NO5S. The van der Waals surface area contributed by atoms with E-state index in [-0.39, 0.29) is 0 Å². The first-order valence-corrected chi connectivity index (χ1v) is 6.90. The number of nitrogens with one attached hydrogen (secondary N) is 1.